The van der Waals surface area contributed by atoms with Crippen molar-refractivity contribution in [2.45, 2.75) is 90.4 Å². The molecule has 26 heavy (non-hydrogen) atoms. The zero-order valence-corrected chi connectivity index (χ0v) is 16.9. The van der Waals surface area contributed by atoms with E-state index in [9.17, 15) is 4.79 Å². The Labute approximate surface area is 161 Å². The molecule has 0 aliphatic carbocycles. The maximum absolute atomic E-state index is 11.3. The van der Waals surface area contributed by atoms with Gasteiger partial charge in [-0.3, -0.25) is 4.79 Å². The molecule has 3 nitrogen and oxygen atoms in total. The van der Waals surface area contributed by atoms with E-state index in [0.29, 0.717) is 13.0 Å². The Balaban J connectivity index is 3.30. The Kier molecular flexibility index (Phi) is 20.6. The van der Waals surface area contributed by atoms with E-state index in [0.717, 1.165) is 32.1 Å². The predicted molar refractivity (Wildman–Crippen MR) is 113 cm³/mol. The summed E-state index contributed by atoms with van der Waals surface area (Å²) >= 11 is 0. The van der Waals surface area contributed by atoms with Crippen LogP contribution in [0.15, 0.2) is 36.5 Å². The predicted octanol–water partition coefficient (Wildman–Crippen LogP) is 5.85. The molecule has 0 bridgehead atoms. The number of carbonyl (C=O) groups excluding carboxylic acids is 1. The summed E-state index contributed by atoms with van der Waals surface area (Å²) in [6, 6.07) is 0. The van der Waals surface area contributed by atoms with Gasteiger partial charge in [-0.05, 0) is 44.9 Å². The molecule has 0 rings (SSSR count). The van der Waals surface area contributed by atoms with Crippen LogP contribution in [-0.4, -0.2) is 24.2 Å². The number of aliphatic hydroxyl groups excluding tert-OH is 1. The SMILES string of the molecule is CCCCCC=CCC=CCC=CCCCCCCCC(=O)NCCO. The van der Waals surface area contributed by atoms with Crippen LogP contribution < -0.4 is 5.32 Å². The molecule has 0 aliphatic rings. The first-order valence-electron chi connectivity index (χ1n) is 10.6. The summed E-state index contributed by atoms with van der Waals surface area (Å²) in [7, 11) is 0. The van der Waals surface area contributed by atoms with Crippen LogP contribution in [0, 0.1) is 0 Å². The van der Waals surface area contributed by atoms with Crippen molar-refractivity contribution in [2.24, 2.45) is 0 Å². The lowest BCUT2D eigenvalue weighted by molar-refractivity contribution is -0.121. The number of aliphatic hydroxyl groups is 1. The standard InChI is InChI=1S/C23H41NO2/c1-2-3-4-5-6-7-8-9-10-11-12-13-14-15-16-17-18-19-20-23(26)24-21-22-25/h6-7,9-10,12-13,25H,2-5,8,11,14-22H2,1H3,(H,24,26). The minimum Gasteiger partial charge on any atom is -0.395 e. The summed E-state index contributed by atoms with van der Waals surface area (Å²) in [6.45, 7) is 2.63. The quantitative estimate of drug-likeness (QED) is 0.237. The molecule has 0 aromatic carbocycles. The maximum atomic E-state index is 11.3. The van der Waals surface area contributed by atoms with Crippen molar-refractivity contribution in [3.8, 4) is 0 Å². The number of rotatable bonds is 18. The third-order valence-electron chi connectivity index (χ3n) is 4.23. The topological polar surface area (TPSA) is 49.3 Å². The summed E-state index contributed by atoms with van der Waals surface area (Å²) in [5.74, 6) is 0.0574. The van der Waals surface area contributed by atoms with Crippen LogP contribution in [0.5, 0.6) is 0 Å². The molecule has 2 N–H and O–H groups in total. The molecule has 0 spiro atoms. The van der Waals surface area contributed by atoms with Gasteiger partial charge in [-0.25, -0.2) is 0 Å². The first-order valence-corrected chi connectivity index (χ1v) is 10.6. The molecule has 0 aliphatic heterocycles. The lowest BCUT2D eigenvalue weighted by Gasteiger charge is -2.03. The second-order valence-corrected chi connectivity index (χ2v) is 6.76. The number of nitrogens with one attached hydrogen (secondary N) is 1. The molecule has 3 heteroatoms. The van der Waals surface area contributed by atoms with Gasteiger partial charge in [0.25, 0.3) is 0 Å². The van der Waals surface area contributed by atoms with Crippen LogP contribution in [0.3, 0.4) is 0 Å². The Morgan fingerprint density at radius 3 is 1.92 bits per heavy atom. The van der Waals surface area contributed by atoms with Gasteiger partial charge >= 0.3 is 0 Å². The van der Waals surface area contributed by atoms with E-state index in [1.165, 1.54) is 44.9 Å². The zero-order valence-electron chi connectivity index (χ0n) is 16.9. The van der Waals surface area contributed by atoms with Gasteiger partial charge in [0.1, 0.15) is 0 Å². The van der Waals surface area contributed by atoms with Gasteiger partial charge in [0.15, 0.2) is 0 Å². The molecular formula is C23H41NO2. The van der Waals surface area contributed by atoms with E-state index in [1.807, 2.05) is 0 Å². The molecule has 0 radical (unpaired) electrons. The molecule has 0 aromatic heterocycles. The fourth-order valence-corrected chi connectivity index (χ4v) is 2.65. The highest BCUT2D eigenvalue weighted by Gasteiger charge is 1.99. The lowest BCUT2D eigenvalue weighted by atomic mass is 10.1. The van der Waals surface area contributed by atoms with Crippen LogP contribution in [0.4, 0.5) is 0 Å². The summed E-state index contributed by atoms with van der Waals surface area (Å²) < 4.78 is 0. The molecule has 150 valence electrons. The lowest BCUT2D eigenvalue weighted by Crippen LogP contribution is -2.25. The van der Waals surface area contributed by atoms with Gasteiger partial charge in [-0.15, -0.1) is 0 Å². The van der Waals surface area contributed by atoms with Gasteiger partial charge in [-0.2, -0.15) is 0 Å². The monoisotopic (exact) mass is 363 g/mol. The normalized spacial score (nSPS) is 11.9. The van der Waals surface area contributed by atoms with Crippen LogP contribution in [0.1, 0.15) is 90.4 Å². The van der Waals surface area contributed by atoms with Crippen molar-refractivity contribution in [3.05, 3.63) is 36.5 Å². The van der Waals surface area contributed by atoms with E-state index in [4.69, 9.17) is 5.11 Å². The zero-order chi connectivity index (χ0) is 19.1. The van der Waals surface area contributed by atoms with Crippen molar-refractivity contribution >= 4 is 5.91 Å². The van der Waals surface area contributed by atoms with E-state index in [-0.39, 0.29) is 12.5 Å². The largest absolute Gasteiger partial charge is 0.395 e. The van der Waals surface area contributed by atoms with E-state index in [1.54, 1.807) is 0 Å². The van der Waals surface area contributed by atoms with Gasteiger partial charge in [0.05, 0.1) is 6.61 Å². The van der Waals surface area contributed by atoms with Crippen LogP contribution in [0.25, 0.3) is 0 Å². The van der Waals surface area contributed by atoms with Gasteiger partial charge < -0.3 is 10.4 Å². The second kappa shape index (κ2) is 21.7. The molecule has 1 amide bonds. The van der Waals surface area contributed by atoms with E-state index < -0.39 is 0 Å². The van der Waals surface area contributed by atoms with Crippen molar-refractivity contribution in [1.29, 1.82) is 0 Å². The maximum Gasteiger partial charge on any atom is 0.220 e. The molecule has 0 fully saturated rings. The smallest absolute Gasteiger partial charge is 0.220 e. The van der Waals surface area contributed by atoms with Crippen LogP contribution in [-0.2, 0) is 4.79 Å². The van der Waals surface area contributed by atoms with Gasteiger partial charge in [0, 0.05) is 13.0 Å². The highest BCUT2D eigenvalue weighted by molar-refractivity contribution is 5.75. The summed E-state index contributed by atoms with van der Waals surface area (Å²) in [4.78, 5) is 11.3. The van der Waals surface area contributed by atoms with Crippen molar-refractivity contribution in [2.75, 3.05) is 13.2 Å². The highest BCUT2D eigenvalue weighted by atomic mass is 16.3. The third kappa shape index (κ3) is 20.7. The first kappa shape index (κ1) is 24.7. The molecule has 0 saturated heterocycles. The Bertz CT molecular complexity index is 386. The van der Waals surface area contributed by atoms with Crippen LogP contribution >= 0.6 is 0 Å². The number of hydrogen-bond acceptors (Lipinski definition) is 2. The first-order chi connectivity index (χ1) is 12.8. The van der Waals surface area contributed by atoms with Crippen molar-refractivity contribution in [3.63, 3.8) is 0 Å². The van der Waals surface area contributed by atoms with E-state index in [2.05, 4.69) is 48.7 Å². The molecule has 0 heterocycles. The number of unbranched alkanes of at least 4 members (excludes halogenated alkanes) is 8. The van der Waals surface area contributed by atoms with Crippen molar-refractivity contribution in [1.82, 2.24) is 5.32 Å². The Hall–Kier alpha value is -1.35. The fraction of sp³-hybridized carbons (Fsp3) is 0.696. The average Bonchev–Trinajstić information content (AvgIpc) is 2.65. The molecule has 0 aromatic rings. The summed E-state index contributed by atoms with van der Waals surface area (Å²) in [5, 5.41) is 11.3. The van der Waals surface area contributed by atoms with Gasteiger partial charge in [0.2, 0.25) is 5.91 Å². The highest BCUT2D eigenvalue weighted by Crippen LogP contribution is 2.08. The average molecular weight is 364 g/mol. The fourth-order valence-electron chi connectivity index (χ4n) is 2.65. The number of hydrogen-bond donors (Lipinski definition) is 2. The summed E-state index contributed by atoms with van der Waals surface area (Å²) in [6.07, 6.45) is 28.3. The molecule has 0 unspecified atom stereocenters. The minimum absolute atomic E-state index is 0.0191. The molecule has 0 saturated carbocycles. The van der Waals surface area contributed by atoms with Crippen LogP contribution in [0.2, 0.25) is 0 Å². The number of allylic oxidation sites excluding steroid dienone is 6. The van der Waals surface area contributed by atoms with E-state index >= 15 is 0 Å². The van der Waals surface area contributed by atoms with Crippen molar-refractivity contribution < 1.29 is 9.90 Å². The third-order valence-corrected chi connectivity index (χ3v) is 4.23. The number of amides is 1. The summed E-state index contributed by atoms with van der Waals surface area (Å²) in [5.41, 5.74) is 0. The Morgan fingerprint density at radius 2 is 1.31 bits per heavy atom. The minimum atomic E-state index is 0.0191. The Morgan fingerprint density at radius 1 is 0.769 bits per heavy atom. The van der Waals surface area contributed by atoms with Gasteiger partial charge in [-0.1, -0.05) is 75.5 Å². The second-order valence-electron chi connectivity index (χ2n) is 6.76. The molecule has 0 atom stereocenters. The number of carbonyl (C=O) groups is 1. The molecular weight excluding hydrogens is 322 g/mol.